The molecule has 0 saturated heterocycles. The van der Waals surface area contributed by atoms with Crippen LogP contribution < -0.4 is 10.6 Å². The van der Waals surface area contributed by atoms with Gasteiger partial charge in [-0.1, -0.05) is 48.5 Å². The molecule has 8 heteroatoms. The third-order valence-corrected chi connectivity index (χ3v) is 5.84. The van der Waals surface area contributed by atoms with Crippen LogP contribution in [0.1, 0.15) is 37.3 Å². The van der Waals surface area contributed by atoms with Crippen LogP contribution >= 0.6 is 0 Å². The summed E-state index contributed by atoms with van der Waals surface area (Å²) in [6.07, 6.45) is -1.59. The highest BCUT2D eigenvalue weighted by Gasteiger charge is 2.32. The fraction of sp³-hybridized carbons (Fsp3) is 0.346. The van der Waals surface area contributed by atoms with Crippen LogP contribution in [0.15, 0.2) is 48.5 Å². The molecule has 1 aliphatic rings. The predicted molar refractivity (Wildman–Crippen MR) is 126 cm³/mol. The minimum atomic E-state index is -1.22. The largest absolute Gasteiger partial charge is 0.480 e. The summed E-state index contributed by atoms with van der Waals surface area (Å²) in [5.41, 5.74) is 4.34. The molecule has 3 N–H and O–H groups in total. The normalized spacial score (nSPS) is 14.4. The van der Waals surface area contributed by atoms with Crippen molar-refractivity contribution >= 4 is 18.0 Å². The molecule has 3 atom stereocenters. The van der Waals surface area contributed by atoms with Crippen molar-refractivity contribution in [2.24, 2.45) is 0 Å². The number of carbonyl (C=O) groups is 3. The van der Waals surface area contributed by atoms with E-state index in [1.807, 2.05) is 48.5 Å². The van der Waals surface area contributed by atoms with Gasteiger partial charge < -0.3 is 25.2 Å². The van der Waals surface area contributed by atoms with Gasteiger partial charge in [-0.15, -0.1) is 11.8 Å². The number of ether oxygens (including phenoxy) is 2. The van der Waals surface area contributed by atoms with E-state index < -0.39 is 36.2 Å². The lowest BCUT2D eigenvalue weighted by molar-refractivity contribution is -0.142. The average Bonchev–Trinajstić information content (AvgIpc) is 3.16. The molecule has 3 unspecified atom stereocenters. The zero-order valence-electron chi connectivity index (χ0n) is 19.3. The van der Waals surface area contributed by atoms with Crippen molar-refractivity contribution in [2.45, 2.75) is 44.4 Å². The fourth-order valence-corrected chi connectivity index (χ4v) is 3.96. The van der Waals surface area contributed by atoms with Crippen molar-refractivity contribution in [3.63, 3.8) is 0 Å². The number of aliphatic carboxylic acids is 1. The number of nitrogens with one attached hydrogen (secondary N) is 2. The molecular weight excluding hydrogens is 436 g/mol. The number of methoxy groups -OCH3 is 1. The Labute approximate surface area is 198 Å². The summed E-state index contributed by atoms with van der Waals surface area (Å²) in [5, 5.41) is 14.3. The van der Waals surface area contributed by atoms with Crippen molar-refractivity contribution in [1.29, 1.82) is 0 Å². The standard InChI is InChI=1S/C26H28N2O6/c1-4-5-14-22(25(30)31)27-24(29)23(16(2)33-3)28-26(32)34-15-21-19-12-8-6-10-17(19)18-11-7-9-13-20(18)21/h6-13,16,21-23H,14-15H2,1-3H3,(H,27,29)(H,28,32)(H,30,31). The van der Waals surface area contributed by atoms with Crippen LogP contribution in [0.3, 0.4) is 0 Å². The lowest BCUT2D eigenvalue weighted by Gasteiger charge is -2.25. The molecule has 0 saturated carbocycles. The molecule has 34 heavy (non-hydrogen) atoms. The maximum Gasteiger partial charge on any atom is 0.407 e. The topological polar surface area (TPSA) is 114 Å². The number of hydrogen-bond acceptors (Lipinski definition) is 5. The van der Waals surface area contributed by atoms with Gasteiger partial charge in [0.1, 0.15) is 18.7 Å². The van der Waals surface area contributed by atoms with Gasteiger partial charge in [-0.3, -0.25) is 4.79 Å². The summed E-state index contributed by atoms with van der Waals surface area (Å²) in [5.74, 6) is 3.18. The Morgan fingerprint density at radius 1 is 1.03 bits per heavy atom. The van der Waals surface area contributed by atoms with Crippen LogP contribution in [0.4, 0.5) is 4.79 Å². The molecule has 0 heterocycles. The van der Waals surface area contributed by atoms with Crippen LogP contribution in [-0.4, -0.2) is 55.0 Å². The molecule has 0 bridgehead atoms. The van der Waals surface area contributed by atoms with Gasteiger partial charge in [-0.05, 0) is 36.1 Å². The SMILES string of the molecule is CC#CCC(NC(=O)C(NC(=O)OCC1c2ccccc2-c2ccccc21)C(C)OC)C(=O)O. The number of carboxylic acids is 1. The third-order valence-electron chi connectivity index (χ3n) is 5.84. The number of alkyl carbamates (subject to hydrolysis) is 1. The summed E-state index contributed by atoms with van der Waals surface area (Å²) < 4.78 is 10.7. The van der Waals surface area contributed by atoms with Crippen molar-refractivity contribution in [3.8, 4) is 23.0 Å². The number of benzene rings is 2. The lowest BCUT2D eigenvalue weighted by atomic mass is 9.98. The summed E-state index contributed by atoms with van der Waals surface area (Å²) in [6.45, 7) is 3.25. The van der Waals surface area contributed by atoms with E-state index in [2.05, 4.69) is 22.5 Å². The van der Waals surface area contributed by atoms with E-state index >= 15 is 0 Å². The maximum atomic E-state index is 12.8. The fourth-order valence-electron chi connectivity index (χ4n) is 3.96. The van der Waals surface area contributed by atoms with Crippen LogP contribution in [-0.2, 0) is 19.1 Å². The molecule has 2 aromatic carbocycles. The smallest absolute Gasteiger partial charge is 0.407 e. The van der Waals surface area contributed by atoms with E-state index in [9.17, 15) is 19.5 Å². The Morgan fingerprint density at radius 3 is 2.15 bits per heavy atom. The minimum absolute atomic E-state index is 0.0589. The first-order valence-corrected chi connectivity index (χ1v) is 10.9. The summed E-state index contributed by atoms with van der Waals surface area (Å²) in [6, 6.07) is 13.6. The molecule has 8 nitrogen and oxygen atoms in total. The number of carbonyl (C=O) groups excluding carboxylic acids is 2. The van der Waals surface area contributed by atoms with E-state index in [0.29, 0.717) is 0 Å². The maximum absolute atomic E-state index is 12.8. The highest BCUT2D eigenvalue weighted by molar-refractivity contribution is 5.90. The van der Waals surface area contributed by atoms with Gasteiger partial charge in [-0.2, -0.15) is 0 Å². The Bertz CT molecular complexity index is 1070. The van der Waals surface area contributed by atoms with Gasteiger partial charge in [0.05, 0.1) is 6.10 Å². The molecule has 3 rings (SSSR count). The van der Waals surface area contributed by atoms with Gasteiger partial charge in [0.2, 0.25) is 5.91 Å². The van der Waals surface area contributed by atoms with Crippen LogP contribution in [0.25, 0.3) is 11.1 Å². The molecule has 0 aliphatic heterocycles. The summed E-state index contributed by atoms with van der Waals surface area (Å²) in [4.78, 5) is 36.9. The molecule has 0 aromatic heterocycles. The van der Waals surface area contributed by atoms with Gasteiger partial charge in [0, 0.05) is 19.4 Å². The number of fused-ring (bicyclic) bond motifs is 3. The quantitative estimate of drug-likeness (QED) is 0.492. The third kappa shape index (κ3) is 5.56. The monoisotopic (exact) mass is 464 g/mol. The molecule has 2 aromatic rings. The Kier molecular flexibility index (Phi) is 8.28. The van der Waals surface area contributed by atoms with Crippen molar-refractivity contribution in [2.75, 3.05) is 13.7 Å². The van der Waals surface area contributed by atoms with E-state index in [4.69, 9.17) is 9.47 Å². The van der Waals surface area contributed by atoms with E-state index in [0.717, 1.165) is 22.3 Å². The second-order valence-corrected chi connectivity index (χ2v) is 7.92. The Morgan fingerprint density at radius 2 is 1.62 bits per heavy atom. The first-order valence-electron chi connectivity index (χ1n) is 10.9. The van der Waals surface area contributed by atoms with Gasteiger partial charge in [0.25, 0.3) is 0 Å². The van der Waals surface area contributed by atoms with Crippen LogP contribution in [0, 0.1) is 11.8 Å². The minimum Gasteiger partial charge on any atom is -0.480 e. The van der Waals surface area contributed by atoms with Crippen LogP contribution in [0.2, 0.25) is 0 Å². The molecule has 0 spiro atoms. The highest BCUT2D eigenvalue weighted by atomic mass is 16.5. The Balaban J connectivity index is 1.68. The molecule has 178 valence electrons. The lowest BCUT2D eigenvalue weighted by Crippen LogP contribution is -2.56. The van der Waals surface area contributed by atoms with E-state index in [-0.39, 0.29) is 18.9 Å². The molecule has 2 amide bonds. The molecule has 1 aliphatic carbocycles. The summed E-state index contributed by atoms with van der Waals surface area (Å²) >= 11 is 0. The predicted octanol–water partition coefficient (Wildman–Crippen LogP) is 2.91. The average molecular weight is 465 g/mol. The van der Waals surface area contributed by atoms with Crippen molar-refractivity contribution in [1.82, 2.24) is 10.6 Å². The first kappa shape index (κ1) is 24.8. The molecule has 0 fully saturated rings. The number of rotatable bonds is 9. The molecule has 0 radical (unpaired) electrons. The second-order valence-electron chi connectivity index (χ2n) is 7.92. The van der Waals surface area contributed by atoms with E-state index in [1.54, 1.807) is 13.8 Å². The number of hydrogen-bond donors (Lipinski definition) is 3. The number of amides is 2. The van der Waals surface area contributed by atoms with E-state index in [1.165, 1.54) is 7.11 Å². The van der Waals surface area contributed by atoms with Crippen molar-refractivity contribution < 1.29 is 29.0 Å². The van der Waals surface area contributed by atoms with Gasteiger partial charge in [-0.25, -0.2) is 9.59 Å². The molecular formula is C26H28N2O6. The Hall–Kier alpha value is -3.83. The zero-order chi connectivity index (χ0) is 24.7. The summed E-state index contributed by atoms with van der Waals surface area (Å²) in [7, 11) is 1.39. The zero-order valence-corrected chi connectivity index (χ0v) is 19.3. The number of carboxylic acid groups (broad SMARTS) is 1. The second kappa shape index (κ2) is 11.3. The van der Waals surface area contributed by atoms with Gasteiger partial charge in [0.15, 0.2) is 0 Å². The first-order chi connectivity index (χ1) is 16.4. The highest BCUT2D eigenvalue weighted by Crippen LogP contribution is 2.44. The van der Waals surface area contributed by atoms with Crippen molar-refractivity contribution in [3.05, 3.63) is 59.7 Å². The van der Waals surface area contributed by atoms with Gasteiger partial charge >= 0.3 is 12.1 Å². The van der Waals surface area contributed by atoms with Crippen LogP contribution in [0.5, 0.6) is 0 Å².